The van der Waals surface area contributed by atoms with E-state index in [9.17, 15) is 14.9 Å². The van der Waals surface area contributed by atoms with E-state index in [0.717, 1.165) is 11.3 Å². The molecule has 9 heteroatoms. The second kappa shape index (κ2) is 9.82. The van der Waals surface area contributed by atoms with Crippen molar-refractivity contribution in [1.82, 2.24) is 9.78 Å². The van der Waals surface area contributed by atoms with Crippen LogP contribution in [-0.2, 0) is 4.79 Å². The number of benzene rings is 3. The lowest BCUT2D eigenvalue weighted by atomic mass is 10.2. The van der Waals surface area contributed by atoms with Gasteiger partial charge < -0.3 is 0 Å². The summed E-state index contributed by atoms with van der Waals surface area (Å²) < 4.78 is 1.70. The zero-order valence-corrected chi connectivity index (χ0v) is 20.1. The number of aromatic nitrogens is 2. The molecule has 5 rings (SSSR count). The lowest BCUT2D eigenvalue weighted by molar-refractivity contribution is -0.384. The summed E-state index contributed by atoms with van der Waals surface area (Å²) in [5, 5.41) is 15.7. The van der Waals surface area contributed by atoms with E-state index in [4.69, 9.17) is 5.10 Å². The van der Waals surface area contributed by atoms with E-state index >= 15 is 0 Å². The fourth-order valence-electron chi connectivity index (χ4n) is 4.03. The number of carbonyl (C=O) groups excluding carboxylic acids is 1. The molecule has 0 atom stereocenters. The number of amidine groups is 1. The number of nitrogens with zero attached hydrogens (tertiary/aromatic N) is 6. The third kappa shape index (κ3) is 4.70. The number of nitro benzene ring substituents is 1. The van der Waals surface area contributed by atoms with Crippen LogP contribution < -0.4 is 4.90 Å². The number of carbonyl (C=O) groups is 1. The zero-order chi connectivity index (χ0) is 25.9. The first-order chi connectivity index (χ1) is 17.9. The topological polar surface area (TPSA) is 106 Å². The lowest BCUT2D eigenvalue weighted by Gasteiger charge is -2.19. The summed E-state index contributed by atoms with van der Waals surface area (Å²) in [4.78, 5) is 34.8. The summed E-state index contributed by atoms with van der Waals surface area (Å²) in [5.41, 5.74) is 3.77. The van der Waals surface area contributed by atoms with Gasteiger partial charge in [0.25, 0.3) is 11.6 Å². The van der Waals surface area contributed by atoms with E-state index in [1.54, 1.807) is 40.9 Å². The van der Waals surface area contributed by atoms with Gasteiger partial charge in [0.1, 0.15) is 11.5 Å². The molecule has 0 bridgehead atoms. The molecule has 2 heterocycles. The maximum atomic E-state index is 13.6. The van der Waals surface area contributed by atoms with Crippen LogP contribution in [0.1, 0.15) is 23.7 Å². The second-order valence-corrected chi connectivity index (χ2v) is 8.34. The van der Waals surface area contributed by atoms with E-state index in [1.807, 2.05) is 67.6 Å². The molecular formula is C28H22N6O3. The van der Waals surface area contributed by atoms with Crippen molar-refractivity contribution in [3.05, 3.63) is 118 Å². The third-order valence-electron chi connectivity index (χ3n) is 5.83. The van der Waals surface area contributed by atoms with Gasteiger partial charge in [-0.25, -0.2) is 14.6 Å². The molecular weight excluding hydrogens is 468 g/mol. The Balaban J connectivity index is 1.60. The Morgan fingerprint density at radius 3 is 2.22 bits per heavy atom. The maximum Gasteiger partial charge on any atom is 0.283 e. The van der Waals surface area contributed by atoms with E-state index in [0.29, 0.717) is 34.3 Å². The van der Waals surface area contributed by atoms with Crippen LogP contribution in [0.5, 0.6) is 0 Å². The number of aryl methyl sites for hydroxylation is 1. The standard InChI is InChI=1S/C28H22N6O3/c1-19-25(18-29-22-13-15-24(16-14-22)34(36)37)27(33(31-19)23-11-7-4-8-12-23)32-20(2)30-26(28(32)35)17-21-9-5-3-6-10-21/h3-18H,1-2H3/b26-17-,29-18?. The summed E-state index contributed by atoms with van der Waals surface area (Å²) in [7, 11) is 0. The van der Waals surface area contributed by atoms with Crippen molar-refractivity contribution in [3.8, 4) is 5.69 Å². The Labute approximate surface area is 212 Å². The normalized spacial score (nSPS) is 14.5. The molecule has 9 nitrogen and oxygen atoms in total. The monoisotopic (exact) mass is 490 g/mol. The number of amides is 1. The Morgan fingerprint density at radius 1 is 0.919 bits per heavy atom. The van der Waals surface area contributed by atoms with E-state index in [-0.39, 0.29) is 11.6 Å². The first kappa shape index (κ1) is 23.6. The summed E-state index contributed by atoms with van der Waals surface area (Å²) in [6, 6.07) is 25.0. The number of anilines is 1. The Kier molecular flexibility index (Phi) is 6.25. The number of hydrogen-bond acceptors (Lipinski definition) is 6. The Bertz CT molecular complexity index is 1570. The molecule has 0 saturated heterocycles. The molecule has 4 aromatic rings. The molecule has 0 N–H and O–H groups in total. The molecule has 1 aromatic heterocycles. The van der Waals surface area contributed by atoms with E-state index < -0.39 is 4.92 Å². The van der Waals surface area contributed by atoms with Crippen LogP contribution in [0.15, 0.2) is 101 Å². The predicted molar refractivity (Wildman–Crippen MR) is 144 cm³/mol. The van der Waals surface area contributed by atoms with Gasteiger partial charge in [-0.15, -0.1) is 0 Å². The SMILES string of the molecule is CC1=N/C(=C\c2ccccc2)C(=O)N1c1c(C=Nc2ccc([N+](=O)[O-])cc2)c(C)nn1-c1ccccc1. The fraction of sp³-hybridized carbons (Fsp3) is 0.0714. The first-order valence-electron chi connectivity index (χ1n) is 11.5. The van der Waals surface area contributed by atoms with Crippen molar-refractivity contribution in [1.29, 1.82) is 0 Å². The van der Waals surface area contributed by atoms with Crippen molar-refractivity contribution in [3.63, 3.8) is 0 Å². The second-order valence-electron chi connectivity index (χ2n) is 8.34. The lowest BCUT2D eigenvalue weighted by Crippen LogP contribution is -2.33. The van der Waals surface area contributed by atoms with Crippen LogP contribution in [0.2, 0.25) is 0 Å². The van der Waals surface area contributed by atoms with Crippen LogP contribution in [-0.4, -0.2) is 32.7 Å². The molecule has 0 spiro atoms. The van der Waals surface area contributed by atoms with Gasteiger partial charge >= 0.3 is 0 Å². The van der Waals surface area contributed by atoms with Gasteiger partial charge in [-0.2, -0.15) is 5.10 Å². The molecule has 1 aliphatic heterocycles. The summed E-state index contributed by atoms with van der Waals surface area (Å²) in [6.07, 6.45) is 3.38. The number of para-hydroxylation sites is 1. The molecule has 0 unspecified atom stereocenters. The predicted octanol–water partition coefficient (Wildman–Crippen LogP) is 5.65. The smallest absolute Gasteiger partial charge is 0.266 e. The van der Waals surface area contributed by atoms with Gasteiger partial charge in [0.05, 0.1) is 27.6 Å². The van der Waals surface area contributed by atoms with Crippen molar-refractivity contribution >= 4 is 41.2 Å². The van der Waals surface area contributed by atoms with Gasteiger partial charge in [0.15, 0.2) is 5.82 Å². The largest absolute Gasteiger partial charge is 0.283 e. The highest BCUT2D eigenvalue weighted by atomic mass is 16.6. The Hall–Kier alpha value is -5.18. The average molecular weight is 491 g/mol. The molecule has 37 heavy (non-hydrogen) atoms. The number of rotatable bonds is 6. The molecule has 1 amide bonds. The van der Waals surface area contributed by atoms with Crippen molar-refractivity contribution in [2.75, 3.05) is 4.90 Å². The van der Waals surface area contributed by atoms with Gasteiger partial charge in [0.2, 0.25) is 0 Å². The molecule has 1 aliphatic rings. The highest BCUT2D eigenvalue weighted by molar-refractivity contribution is 6.29. The third-order valence-corrected chi connectivity index (χ3v) is 5.83. The minimum absolute atomic E-state index is 0.0139. The molecule has 0 fully saturated rings. The van der Waals surface area contributed by atoms with Crippen LogP contribution in [0.3, 0.4) is 0 Å². The molecule has 0 aliphatic carbocycles. The van der Waals surface area contributed by atoms with Gasteiger partial charge in [-0.05, 0) is 49.8 Å². The van der Waals surface area contributed by atoms with Crippen LogP contribution in [0.4, 0.5) is 17.2 Å². The molecule has 3 aromatic carbocycles. The minimum atomic E-state index is -0.457. The number of non-ortho nitro benzene ring substituents is 1. The maximum absolute atomic E-state index is 13.6. The van der Waals surface area contributed by atoms with Crippen molar-refractivity contribution < 1.29 is 9.72 Å². The summed E-state index contributed by atoms with van der Waals surface area (Å²) in [5.74, 6) is 0.745. The summed E-state index contributed by atoms with van der Waals surface area (Å²) in [6.45, 7) is 3.62. The summed E-state index contributed by atoms with van der Waals surface area (Å²) >= 11 is 0. The van der Waals surface area contributed by atoms with E-state index in [2.05, 4.69) is 9.98 Å². The van der Waals surface area contributed by atoms with Crippen molar-refractivity contribution in [2.45, 2.75) is 13.8 Å². The highest BCUT2D eigenvalue weighted by Gasteiger charge is 2.34. The van der Waals surface area contributed by atoms with Crippen LogP contribution in [0.25, 0.3) is 11.8 Å². The Morgan fingerprint density at radius 2 is 1.57 bits per heavy atom. The first-order valence-corrected chi connectivity index (χ1v) is 11.5. The number of nitro groups is 1. The minimum Gasteiger partial charge on any atom is -0.266 e. The van der Waals surface area contributed by atoms with Crippen LogP contribution >= 0.6 is 0 Å². The zero-order valence-electron chi connectivity index (χ0n) is 20.1. The highest BCUT2D eigenvalue weighted by Crippen LogP contribution is 2.32. The van der Waals surface area contributed by atoms with Gasteiger partial charge in [-0.3, -0.25) is 19.9 Å². The fourth-order valence-corrected chi connectivity index (χ4v) is 4.03. The molecule has 0 radical (unpaired) electrons. The van der Waals surface area contributed by atoms with Crippen LogP contribution in [0, 0.1) is 17.0 Å². The van der Waals surface area contributed by atoms with E-state index in [1.165, 1.54) is 12.1 Å². The number of hydrogen-bond donors (Lipinski definition) is 0. The van der Waals surface area contributed by atoms with Gasteiger partial charge in [-0.1, -0.05) is 48.5 Å². The number of aliphatic imine (C=N–C) groups is 2. The quantitative estimate of drug-likeness (QED) is 0.151. The molecule has 182 valence electrons. The van der Waals surface area contributed by atoms with Gasteiger partial charge in [0, 0.05) is 18.3 Å². The van der Waals surface area contributed by atoms with Crippen molar-refractivity contribution in [2.24, 2.45) is 9.98 Å². The molecule has 0 saturated carbocycles. The average Bonchev–Trinajstić information content (AvgIpc) is 3.37.